The average molecular weight is 437 g/mol. The molecule has 0 unspecified atom stereocenters. The molecule has 2 aliphatic rings. The molecule has 1 aromatic carbocycles. The van der Waals surface area contributed by atoms with E-state index < -0.39 is 0 Å². The Kier molecular flexibility index (Phi) is 5.75. The number of hydrogen-bond donors (Lipinski definition) is 0. The monoisotopic (exact) mass is 436 g/mol. The van der Waals surface area contributed by atoms with Crippen molar-refractivity contribution >= 4 is 5.91 Å². The first-order chi connectivity index (χ1) is 15.6. The molecule has 168 valence electrons. The van der Waals surface area contributed by atoms with Gasteiger partial charge >= 0.3 is 0 Å². The number of benzene rings is 1. The average Bonchev–Trinajstić information content (AvgIpc) is 3.37. The van der Waals surface area contributed by atoms with Crippen molar-refractivity contribution in [1.29, 1.82) is 0 Å². The Morgan fingerprint density at radius 3 is 2.62 bits per heavy atom. The third-order valence-electron chi connectivity index (χ3n) is 6.46. The van der Waals surface area contributed by atoms with Gasteiger partial charge in [0.2, 0.25) is 5.91 Å². The summed E-state index contributed by atoms with van der Waals surface area (Å²) in [5, 5.41) is 12.8. The Bertz CT molecular complexity index is 1070. The number of aryl methyl sites for hydroxylation is 2. The molecule has 5 rings (SSSR count). The van der Waals surface area contributed by atoms with Gasteiger partial charge in [-0.3, -0.25) is 9.69 Å². The minimum absolute atomic E-state index is 0.00510. The number of aromatic nitrogens is 4. The number of amides is 1. The van der Waals surface area contributed by atoms with Crippen LogP contribution in [-0.2, 0) is 35.6 Å². The lowest BCUT2D eigenvalue weighted by Gasteiger charge is -2.34. The van der Waals surface area contributed by atoms with Crippen molar-refractivity contribution in [2.45, 2.75) is 46.1 Å². The van der Waals surface area contributed by atoms with Crippen LogP contribution in [0.2, 0.25) is 0 Å². The molecule has 0 bridgehead atoms. The van der Waals surface area contributed by atoms with Crippen LogP contribution in [0.3, 0.4) is 0 Å². The van der Waals surface area contributed by atoms with Crippen LogP contribution in [0.25, 0.3) is 0 Å². The largest absolute Gasteiger partial charge is 0.365 e. The van der Waals surface area contributed by atoms with Crippen molar-refractivity contribution in [2.75, 3.05) is 26.2 Å². The molecule has 2 aliphatic heterocycles. The highest BCUT2D eigenvalue weighted by Crippen LogP contribution is 2.27. The summed E-state index contributed by atoms with van der Waals surface area (Å²) < 4.78 is 13.3. The van der Waals surface area contributed by atoms with E-state index in [0.29, 0.717) is 32.7 Å². The zero-order valence-electron chi connectivity index (χ0n) is 18.5. The van der Waals surface area contributed by atoms with Crippen molar-refractivity contribution in [3.63, 3.8) is 0 Å². The normalized spacial score (nSPS) is 19.2. The summed E-state index contributed by atoms with van der Waals surface area (Å²) in [4.78, 5) is 17.0. The molecule has 0 saturated carbocycles. The van der Waals surface area contributed by atoms with Gasteiger partial charge in [-0.25, -0.2) is 4.68 Å². The number of hydrogen-bond acceptors (Lipinski definition) is 7. The summed E-state index contributed by atoms with van der Waals surface area (Å²) in [5.74, 6) is 0.851. The number of piperazine rings is 1. The van der Waals surface area contributed by atoms with Gasteiger partial charge in [0.25, 0.3) is 0 Å². The first-order valence-electron chi connectivity index (χ1n) is 11.1. The molecule has 1 atom stereocenters. The van der Waals surface area contributed by atoms with Gasteiger partial charge in [-0.1, -0.05) is 40.7 Å². The van der Waals surface area contributed by atoms with E-state index in [0.717, 1.165) is 53.6 Å². The summed E-state index contributed by atoms with van der Waals surface area (Å²) >= 11 is 0. The zero-order chi connectivity index (χ0) is 22.1. The number of carbonyl (C=O) groups is 1. The summed E-state index contributed by atoms with van der Waals surface area (Å²) in [6, 6.07) is 10.2. The van der Waals surface area contributed by atoms with Gasteiger partial charge in [0, 0.05) is 38.3 Å². The number of fused-ring (bicyclic) bond motifs is 1. The number of carbonyl (C=O) groups excluding carboxylic acids is 1. The molecule has 0 spiro atoms. The van der Waals surface area contributed by atoms with E-state index in [1.807, 2.05) is 41.6 Å². The molecule has 9 nitrogen and oxygen atoms in total. The Labute approximate surface area is 186 Å². The van der Waals surface area contributed by atoms with E-state index in [4.69, 9.17) is 9.26 Å². The first-order valence-corrected chi connectivity index (χ1v) is 11.1. The van der Waals surface area contributed by atoms with Gasteiger partial charge in [-0.15, -0.1) is 5.10 Å². The Hall–Kier alpha value is -3.04. The molecular weight excluding hydrogens is 408 g/mol. The molecule has 9 heteroatoms. The van der Waals surface area contributed by atoms with Crippen LogP contribution in [0, 0.1) is 13.8 Å². The van der Waals surface area contributed by atoms with Crippen molar-refractivity contribution < 1.29 is 14.1 Å². The Morgan fingerprint density at radius 2 is 1.91 bits per heavy atom. The lowest BCUT2D eigenvalue weighted by Crippen LogP contribution is -2.48. The standard InChI is InChI=1S/C23H28N6O3/c1-16-19(17(2)32-25-16)12-23(30)28-10-8-27(9-11-28)13-20-21-15-31-22(14-29(21)26-24-20)18-6-4-3-5-7-18/h3-7,22H,8-15H2,1-2H3/t22-/m0/s1. The molecule has 3 aromatic rings. The quantitative estimate of drug-likeness (QED) is 0.605. The van der Waals surface area contributed by atoms with Crippen LogP contribution in [-0.4, -0.2) is 62.0 Å². The summed E-state index contributed by atoms with van der Waals surface area (Å²) in [6.07, 6.45) is 0.352. The van der Waals surface area contributed by atoms with E-state index in [9.17, 15) is 4.79 Å². The minimum Gasteiger partial charge on any atom is -0.365 e. The van der Waals surface area contributed by atoms with Gasteiger partial charge in [0.05, 0.1) is 31.0 Å². The summed E-state index contributed by atoms with van der Waals surface area (Å²) in [5.41, 5.74) is 4.87. The predicted octanol–water partition coefficient (Wildman–Crippen LogP) is 2.04. The predicted molar refractivity (Wildman–Crippen MR) is 116 cm³/mol. The molecule has 32 heavy (non-hydrogen) atoms. The molecule has 2 aromatic heterocycles. The van der Waals surface area contributed by atoms with E-state index in [-0.39, 0.29) is 12.0 Å². The summed E-state index contributed by atoms with van der Waals surface area (Å²) in [6.45, 7) is 8.68. The summed E-state index contributed by atoms with van der Waals surface area (Å²) in [7, 11) is 0. The first kappa shape index (κ1) is 20.8. The van der Waals surface area contributed by atoms with Gasteiger partial charge < -0.3 is 14.2 Å². The fraction of sp³-hybridized carbons (Fsp3) is 0.478. The van der Waals surface area contributed by atoms with Crippen molar-refractivity contribution in [1.82, 2.24) is 30.0 Å². The maximum absolute atomic E-state index is 12.7. The van der Waals surface area contributed by atoms with Crippen LogP contribution in [0.4, 0.5) is 0 Å². The number of nitrogens with zero attached hydrogens (tertiary/aromatic N) is 6. The van der Waals surface area contributed by atoms with E-state index in [1.165, 1.54) is 0 Å². The smallest absolute Gasteiger partial charge is 0.227 e. The minimum atomic E-state index is 0.00510. The topological polar surface area (TPSA) is 89.5 Å². The van der Waals surface area contributed by atoms with Crippen molar-refractivity contribution in [3.8, 4) is 0 Å². The zero-order valence-corrected chi connectivity index (χ0v) is 18.5. The number of ether oxygens (including phenoxy) is 1. The van der Waals surface area contributed by atoms with E-state index in [1.54, 1.807) is 0 Å². The highest BCUT2D eigenvalue weighted by Gasteiger charge is 2.28. The maximum Gasteiger partial charge on any atom is 0.227 e. The molecular formula is C23H28N6O3. The molecule has 1 amide bonds. The van der Waals surface area contributed by atoms with Crippen LogP contribution in [0.5, 0.6) is 0 Å². The third-order valence-corrected chi connectivity index (χ3v) is 6.46. The van der Waals surface area contributed by atoms with Crippen LogP contribution in [0.15, 0.2) is 34.9 Å². The Morgan fingerprint density at radius 1 is 1.12 bits per heavy atom. The molecule has 1 fully saturated rings. The Balaban J connectivity index is 1.15. The third kappa shape index (κ3) is 4.18. The molecule has 4 heterocycles. The highest BCUT2D eigenvalue weighted by atomic mass is 16.5. The van der Waals surface area contributed by atoms with Crippen molar-refractivity contribution in [3.05, 3.63) is 64.3 Å². The van der Waals surface area contributed by atoms with Crippen LogP contribution in [0.1, 0.15) is 40.1 Å². The van der Waals surface area contributed by atoms with Gasteiger partial charge in [-0.05, 0) is 19.4 Å². The maximum atomic E-state index is 12.7. The fourth-order valence-corrected chi connectivity index (χ4v) is 4.44. The van der Waals surface area contributed by atoms with Crippen LogP contribution >= 0.6 is 0 Å². The van der Waals surface area contributed by atoms with E-state index in [2.05, 4.69) is 32.5 Å². The molecule has 1 saturated heterocycles. The lowest BCUT2D eigenvalue weighted by atomic mass is 10.1. The number of rotatable bonds is 5. The highest BCUT2D eigenvalue weighted by molar-refractivity contribution is 5.79. The fourth-order valence-electron chi connectivity index (χ4n) is 4.44. The van der Waals surface area contributed by atoms with Gasteiger partial charge in [0.1, 0.15) is 17.6 Å². The molecule has 0 N–H and O–H groups in total. The second kappa shape index (κ2) is 8.84. The lowest BCUT2D eigenvalue weighted by molar-refractivity contribution is -0.132. The SMILES string of the molecule is Cc1noc(C)c1CC(=O)N1CCN(Cc2nnn3c2CO[C@H](c2ccccc2)C3)CC1. The second-order valence-electron chi connectivity index (χ2n) is 8.51. The van der Waals surface area contributed by atoms with Crippen molar-refractivity contribution in [2.24, 2.45) is 0 Å². The van der Waals surface area contributed by atoms with Crippen LogP contribution < -0.4 is 0 Å². The molecule has 0 aliphatic carbocycles. The van der Waals surface area contributed by atoms with Gasteiger partial charge in [-0.2, -0.15) is 0 Å². The second-order valence-corrected chi connectivity index (χ2v) is 8.51. The van der Waals surface area contributed by atoms with Gasteiger partial charge in [0.15, 0.2) is 0 Å². The van der Waals surface area contributed by atoms with E-state index >= 15 is 0 Å². The molecule has 0 radical (unpaired) electrons.